The van der Waals surface area contributed by atoms with Crippen LogP contribution in [0, 0.1) is 0 Å². The quantitative estimate of drug-likeness (QED) is 0.726. The summed E-state index contributed by atoms with van der Waals surface area (Å²) in [4.78, 5) is 10.5. The molecule has 0 radical (unpaired) electrons. The minimum Gasteiger partial charge on any atom is -0.492 e. The fourth-order valence-corrected chi connectivity index (χ4v) is 1.01. The van der Waals surface area contributed by atoms with E-state index in [1.165, 1.54) is 0 Å². The summed E-state index contributed by atoms with van der Waals surface area (Å²) in [6.07, 6.45) is 0. The average molecular weight is 224 g/mol. The number of benzene rings is 1. The van der Waals surface area contributed by atoms with Gasteiger partial charge in [-0.25, -0.2) is 0 Å². The molecule has 4 N–H and O–H groups in total. The number of carbonyl (C=O) groups excluding carboxylic acids is 1. The predicted molar refractivity (Wildman–Crippen MR) is 60.3 cm³/mol. The lowest BCUT2D eigenvalue weighted by atomic mass is 10.3. The maximum Gasteiger partial charge on any atom is 0.255 e. The van der Waals surface area contributed by atoms with Crippen LogP contribution in [0.3, 0.4) is 0 Å². The van der Waals surface area contributed by atoms with Gasteiger partial charge in [-0.15, -0.1) is 0 Å². The van der Waals surface area contributed by atoms with Crippen LogP contribution in [0.15, 0.2) is 24.3 Å². The zero-order valence-corrected chi connectivity index (χ0v) is 9.18. The van der Waals surface area contributed by atoms with E-state index in [9.17, 15) is 4.79 Å². The Labute approximate surface area is 94.3 Å². The van der Waals surface area contributed by atoms with Crippen molar-refractivity contribution in [2.24, 2.45) is 11.5 Å². The summed E-state index contributed by atoms with van der Waals surface area (Å²) in [5.74, 6) is 0.785. The van der Waals surface area contributed by atoms with E-state index in [-0.39, 0.29) is 12.6 Å². The molecule has 0 aliphatic heterocycles. The van der Waals surface area contributed by atoms with Gasteiger partial charge in [0.2, 0.25) is 0 Å². The van der Waals surface area contributed by atoms with Gasteiger partial charge >= 0.3 is 0 Å². The molecule has 0 fully saturated rings. The SMILES string of the molecule is CC(N)COc1ccc(OCC(N)=O)cc1. The Morgan fingerprint density at radius 1 is 1.25 bits per heavy atom. The molecule has 1 amide bonds. The molecule has 0 aliphatic rings. The lowest BCUT2D eigenvalue weighted by Crippen LogP contribution is -2.23. The van der Waals surface area contributed by atoms with E-state index in [0.717, 1.165) is 0 Å². The fraction of sp³-hybridized carbons (Fsp3) is 0.364. The van der Waals surface area contributed by atoms with Crippen LogP contribution < -0.4 is 20.9 Å². The highest BCUT2D eigenvalue weighted by atomic mass is 16.5. The van der Waals surface area contributed by atoms with Crippen LogP contribution in [0.1, 0.15) is 6.92 Å². The van der Waals surface area contributed by atoms with Crippen LogP contribution in [-0.4, -0.2) is 25.2 Å². The van der Waals surface area contributed by atoms with Gasteiger partial charge in [-0.3, -0.25) is 4.79 Å². The van der Waals surface area contributed by atoms with E-state index in [1.807, 2.05) is 6.92 Å². The number of primary amides is 1. The first-order chi connectivity index (χ1) is 7.58. The second kappa shape index (κ2) is 5.97. The van der Waals surface area contributed by atoms with Crippen molar-refractivity contribution < 1.29 is 14.3 Å². The van der Waals surface area contributed by atoms with Crippen LogP contribution in [0.5, 0.6) is 11.5 Å². The molecule has 88 valence electrons. The van der Waals surface area contributed by atoms with Crippen molar-refractivity contribution in [2.45, 2.75) is 13.0 Å². The molecule has 16 heavy (non-hydrogen) atoms. The predicted octanol–water partition coefficient (Wildman–Crippen LogP) is 0.277. The monoisotopic (exact) mass is 224 g/mol. The van der Waals surface area contributed by atoms with Crippen LogP contribution in [0.4, 0.5) is 0 Å². The molecule has 1 aromatic carbocycles. The second-order valence-electron chi connectivity index (χ2n) is 3.51. The van der Waals surface area contributed by atoms with Crippen molar-refractivity contribution in [1.82, 2.24) is 0 Å². The molecular formula is C11H16N2O3. The molecule has 0 aromatic heterocycles. The highest BCUT2D eigenvalue weighted by Gasteiger charge is 1.99. The summed E-state index contributed by atoms with van der Waals surface area (Å²) in [5.41, 5.74) is 10.5. The Kier molecular flexibility index (Phi) is 4.60. The third-order valence-electron chi connectivity index (χ3n) is 1.72. The van der Waals surface area contributed by atoms with E-state index < -0.39 is 5.91 Å². The average Bonchev–Trinajstić information content (AvgIpc) is 2.25. The normalized spacial score (nSPS) is 11.9. The van der Waals surface area contributed by atoms with Crippen LogP contribution in [0.2, 0.25) is 0 Å². The number of hydrogen-bond donors (Lipinski definition) is 2. The Bertz CT molecular complexity index is 336. The molecular weight excluding hydrogens is 208 g/mol. The van der Waals surface area contributed by atoms with Crippen LogP contribution in [0.25, 0.3) is 0 Å². The van der Waals surface area contributed by atoms with Gasteiger partial charge in [0, 0.05) is 6.04 Å². The largest absolute Gasteiger partial charge is 0.492 e. The number of nitrogens with two attached hydrogens (primary N) is 2. The Hall–Kier alpha value is -1.75. The van der Waals surface area contributed by atoms with Gasteiger partial charge in [0.25, 0.3) is 5.91 Å². The second-order valence-corrected chi connectivity index (χ2v) is 3.51. The molecule has 0 saturated heterocycles. The third-order valence-corrected chi connectivity index (χ3v) is 1.72. The first-order valence-electron chi connectivity index (χ1n) is 4.97. The first kappa shape index (κ1) is 12.3. The van der Waals surface area contributed by atoms with Gasteiger partial charge in [-0.2, -0.15) is 0 Å². The van der Waals surface area contributed by atoms with Gasteiger partial charge in [-0.1, -0.05) is 0 Å². The summed E-state index contributed by atoms with van der Waals surface area (Å²) in [6, 6.07) is 6.90. The highest BCUT2D eigenvalue weighted by molar-refractivity contribution is 5.75. The van der Waals surface area contributed by atoms with Gasteiger partial charge in [0.1, 0.15) is 18.1 Å². The topological polar surface area (TPSA) is 87.6 Å². The van der Waals surface area contributed by atoms with Crippen LogP contribution >= 0.6 is 0 Å². The fourth-order valence-electron chi connectivity index (χ4n) is 1.01. The summed E-state index contributed by atoms with van der Waals surface area (Å²) in [6.45, 7) is 2.20. The zero-order chi connectivity index (χ0) is 12.0. The summed E-state index contributed by atoms with van der Waals surface area (Å²) >= 11 is 0. The molecule has 5 heteroatoms. The van der Waals surface area contributed by atoms with Crippen molar-refractivity contribution in [3.05, 3.63) is 24.3 Å². The number of ether oxygens (including phenoxy) is 2. The molecule has 1 rings (SSSR count). The first-order valence-corrected chi connectivity index (χ1v) is 4.97. The smallest absolute Gasteiger partial charge is 0.255 e. The Balaban J connectivity index is 2.44. The molecule has 0 spiro atoms. The summed E-state index contributed by atoms with van der Waals surface area (Å²) in [7, 11) is 0. The van der Waals surface area contributed by atoms with Crippen molar-refractivity contribution >= 4 is 5.91 Å². The molecule has 0 aliphatic carbocycles. The van der Waals surface area contributed by atoms with E-state index in [0.29, 0.717) is 18.1 Å². The standard InChI is InChI=1S/C11H16N2O3/c1-8(12)6-15-9-2-4-10(5-3-9)16-7-11(13)14/h2-5,8H,6-7,12H2,1H3,(H2,13,14). The minimum atomic E-state index is -0.503. The number of amides is 1. The summed E-state index contributed by atoms with van der Waals surface area (Å²) in [5, 5.41) is 0. The van der Waals surface area contributed by atoms with Crippen LogP contribution in [-0.2, 0) is 4.79 Å². The van der Waals surface area contributed by atoms with E-state index in [2.05, 4.69) is 0 Å². The third kappa shape index (κ3) is 4.65. The van der Waals surface area contributed by atoms with Gasteiger partial charge in [0.05, 0.1) is 0 Å². The molecule has 0 bridgehead atoms. The van der Waals surface area contributed by atoms with Gasteiger partial charge in [-0.05, 0) is 31.2 Å². The van der Waals surface area contributed by atoms with Crippen molar-refractivity contribution in [1.29, 1.82) is 0 Å². The molecule has 1 atom stereocenters. The molecule has 1 unspecified atom stereocenters. The lowest BCUT2D eigenvalue weighted by Gasteiger charge is -2.09. The van der Waals surface area contributed by atoms with E-state index in [1.54, 1.807) is 24.3 Å². The number of rotatable bonds is 6. The molecule has 1 aromatic rings. The van der Waals surface area contributed by atoms with Crippen molar-refractivity contribution in [3.8, 4) is 11.5 Å². The maximum absolute atomic E-state index is 10.5. The van der Waals surface area contributed by atoms with Crippen molar-refractivity contribution in [2.75, 3.05) is 13.2 Å². The van der Waals surface area contributed by atoms with Gasteiger partial charge < -0.3 is 20.9 Å². The zero-order valence-electron chi connectivity index (χ0n) is 9.18. The number of carbonyl (C=O) groups is 1. The van der Waals surface area contributed by atoms with E-state index in [4.69, 9.17) is 20.9 Å². The van der Waals surface area contributed by atoms with Gasteiger partial charge in [0.15, 0.2) is 6.61 Å². The van der Waals surface area contributed by atoms with E-state index >= 15 is 0 Å². The summed E-state index contributed by atoms with van der Waals surface area (Å²) < 4.78 is 10.5. The molecule has 5 nitrogen and oxygen atoms in total. The highest BCUT2D eigenvalue weighted by Crippen LogP contribution is 2.17. The number of hydrogen-bond acceptors (Lipinski definition) is 4. The maximum atomic E-state index is 10.5. The lowest BCUT2D eigenvalue weighted by molar-refractivity contribution is -0.119. The minimum absolute atomic E-state index is 0.00853. The Morgan fingerprint density at radius 2 is 1.75 bits per heavy atom. The van der Waals surface area contributed by atoms with Crippen molar-refractivity contribution in [3.63, 3.8) is 0 Å². The molecule has 0 heterocycles. The Morgan fingerprint density at radius 3 is 2.19 bits per heavy atom. The molecule has 0 saturated carbocycles.